The van der Waals surface area contributed by atoms with Crippen LogP contribution in [0.25, 0.3) is 16.8 Å². The molecule has 1 saturated heterocycles. The number of nitrogens with one attached hydrogen (secondary N) is 1. The largest absolute Gasteiger partial charge is 0.480 e. The molecule has 0 aliphatic carbocycles. The maximum Gasteiger partial charge on any atom is 0.411 e. The summed E-state index contributed by atoms with van der Waals surface area (Å²) < 4.78 is 79.2. The molecule has 12 nitrogen and oxygen atoms in total. The highest BCUT2D eigenvalue weighted by atomic mass is 19.4. The van der Waals surface area contributed by atoms with Crippen molar-refractivity contribution in [2.24, 2.45) is 14.1 Å². The molecule has 0 saturated carbocycles. The fourth-order valence-electron chi connectivity index (χ4n) is 5.45. The first-order chi connectivity index (χ1) is 21.6. The summed E-state index contributed by atoms with van der Waals surface area (Å²) in [5, 5.41) is 12.0. The number of pyridine rings is 1. The summed E-state index contributed by atoms with van der Waals surface area (Å²) in [5.41, 5.74) is -1.33. The van der Waals surface area contributed by atoms with Crippen molar-refractivity contribution in [2.75, 3.05) is 24.7 Å². The zero-order chi connectivity index (χ0) is 33.7. The number of carboxylic acid groups (broad SMARTS) is 1. The highest BCUT2D eigenvalue weighted by Gasteiger charge is 2.46. The molecular formula is C29H27F5N6O6. The molecule has 1 aromatic carbocycles. The monoisotopic (exact) mass is 650 g/mol. The molecule has 4 aromatic rings. The van der Waals surface area contributed by atoms with Gasteiger partial charge in [-0.2, -0.15) is 13.2 Å². The number of ether oxygens (including phenoxy) is 1. The number of morpholine rings is 1. The minimum atomic E-state index is -4.76. The van der Waals surface area contributed by atoms with Crippen LogP contribution in [0.1, 0.15) is 21.7 Å². The first kappa shape index (κ1) is 32.3. The Morgan fingerprint density at radius 1 is 1.13 bits per heavy atom. The number of carbonyl (C=O) groups is 2. The Morgan fingerprint density at radius 3 is 2.43 bits per heavy atom. The molecule has 46 heavy (non-hydrogen) atoms. The highest BCUT2D eigenvalue weighted by Crippen LogP contribution is 2.33. The van der Waals surface area contributed by atoms with Crippen LogP contribution in [0.3, 0.4) is 0 Å². The van der Waals surface area contributed by atoms with Crippen LogP contribution in [0.5, 0.6) is 0 Å². The lowest BCUT2D eigenvalue weighted by Gasteiger charge is -2.38. The van der Waals surface area contributed by atoms with Crippen LogP contribution < -0.4 is 21.5 Å². The van der Waals surface area contributed by atoms with Crippen molar-refractivity contribution >= 4 is 23.2 Å². The fraction of sp³-hybridized carbons (Fsp3) is 0.345. The van der Waals surface area contributed by atoms with E-state index < -0.39 is 77.3 Å². The summed E-state index contributed by atoms with van der Waals surface area (Å²) in [6.45, 7) is 0.405. The zero-order valence-corrected chi connectivity index (χ0v) is 24.6. The Labute approximate surface area is 256 Å². The van der Waals surface area contributed by atoms with Crippen LogP contribution >= 0.6 is 0 Å². The summed E-state index contributed by atoms with van der Waals surface area (Å²) >= 11 is 0. The molecule has 0 bridgehead atoms. The molecule has 2 N–H and O–H groups in total. The minimum absolute atomic E-state index is 0.120. The van der Waals surface area contributed by atoms with Crippen LogP contribution in [-0.4, -0.2) is 73.5 Å². The lowest BCUT2D eigenvalue weighted by Crippen LogP contribution is -2.53. The Kier molecular flexibility index (Phi) is 8.46. The van der Waals surface area contributed by atoms with Crippen molar-refractivity contribution in [1.29, 1.82) is 0 Å². The lowest BCUT2D eigenvalue weighted by atomic mass is 10.0. The third kappa shape index (κ3) is 5.73. The van der Waals surface area contributed by atoms with E-state index in [9.17, 15) is 37.5 Å². The predicted molar refractivity (Wildman–Crippen MR) is 153 cm³/mol. The molecule has 0 unspecified atom stereocenters. The van der Waals surface area contributed by atoms with Crippen molar-refractivity contribution in [1.82, 2.24) is 23.8 Å². The molecule has 4 heterocycles. The van der Waals surface area contributed by atoms with E-state index in [1.54, 1.807) is 6.92 Å². The molecule has 2 atom stereocenters. The maximum atomic E-state index is 15.1. The van der Waals surface area contributed by atoms with Crippen LogP contribution in [0, 0.1) is 18.6 Å². The number of alkyl halides is 3. The van der Waals surface area contributed by atoms with Crippen LogP contribution in [-0.2, 0) is 30.0 Å². The van der Waals surface area contributed by atoms with E-state index in [1.165, 1.54) is 47.6 Å². The molecule has 1 aliphatic heterocycles. The second kappa shape index (κ2) is 12.0. The molecule has 3 aromatic heterocycles. The van der Waals surface area contributed by atoms with E-state index in [4.69, 9.17) is 4.74 Å². The van der Waals surface area contributed by atoms with Gasteiger partial charge in [0, 0.05) is 62.1 Å². The minimum Gasteiger partial charge on any atom is -0.480 e. The van der Waals surface area contributed by atoms with Crippen LogP contribution in [0.15, 0.2) is 46.2 Å². The lowest BCUT2D eigenvalue weighted by molar-refractivity contribution is -0.167. The van der Waals surface area contributed by atoms with E-state index in [-0.39, 0.29) is 30.1 Å². The van der Waals surface area contributed by atoms with Gasteiger partial charge in [-0.3, -0.25) is 14.2 Å². The topological polar surface area (TPSA) is 140 Å². The molecule has 1 aliphatic rings. The number of aliphatic carboxylic acids is 1. The standard InChI is InChI=1S/C29H27F5N6O6/c1-14-22(26(42)38(3)28(45)37(14)2)17-5-4-15(40-7-6-35-24(17)40)12-20(27(43)44)36-25(41)23-18(30)10-16(11-19(23)31)39-8-9-46-13-21(39)29(32,33)34/h4-7,10-11,20-21H,8-9,12-13H2,1-3H3,(H,36,41)(H,43,44)/t20-,21+/m0/s1. The van der Waals surface area contributed by atoms with Gasteiger partial charge in [-0.15, -0.1) is 0 Å². The average Bonchev–Trinajstić information content (AvgIpc) is 3.49. The number of hydrogen-bond acceptors (Lipinski definition) is 7. The maximum absolute atomic E-state index is 15.1. The Morgan fingerprint density at radius 2 is 1.80 bits per heavy atom. The quantitative estimate of drug-likeness (QED) is 0.290. The SMILES string of the molecule is Cc1c(-c2ccc(C[C@H](NC(=O)c3c(F)cc(N4CCOC[C@@H]4C(F)(F)F)cc3F)C(=O)O)n3ccnc23)c(=O)n(C)c(=O)n1C. The number of imidazole rings is 1. The van der Waals surface area contributed by atoms with Crippen molar-refractivity contribution < 1.29 is 41.4 Å². The van der Waals surface area contributed by atoms with Gasteiger partial charge in [-0.25, -0.2) is 23.4 Å². The van der Waals surface area contributed by atoms with Gasteiger partial charge in [-0.05, 0) is 31.2 Å². The first-order valence-corrected chi connectivity index (χ1v) is 13.8. The smallest absolute Gasteiger partial charge is 0.411 e. The molecule has 1 fully saturated rings. The zero-order valence-electron chi connectivity index (χ0n) is 24.6. The van der Waals surface area contributed by atoms with Gasteiger partial charge in [-0.1, -0.05) is 0 Å². The Bertz CT molecular complexity index is 1960. The second-order valence-corrected chi connectivity index (χ2v) is 10.7. The number of carboxylic acids is 1. The number of nitrogens with zero attached hydrogens (tertiary/aromatic N) is 5. The molecule has 17 heteroatoms. The average molecular weight is 651 g/mol. The number of rotatable bonds is 7. The Hall–Kier alpha value is -5.06. The predicted octanol–water partition coefficient (Wildman–Crippen LogP) is 2.18. The summed E-state index contributed by atoms with van der Waals surface area (Å²) in [4.78, 5) is 55.5. The van der Waals surface area contributed by atoms with Crippen LogP contribution in [0.2, 0.25) is 0 Å². The normalized spacial score (nSPS) is 16.1. The van der Waals surface area contributed by atoms with E-state index in [1.807, 2.05) is 0 Å². The third-order valence-electron chi connectivity index (χ3n) is 7.97. The molecule has 244 valence electrons. The molecule has 0 radical (unpaired) electrons. The number of amides is 1. The third-order valence-corrected chi connectivity index (χ3v) is 7.97. The summed E-state index contributed by atoms with van der Waals surface area (Å²) in [6.07, 6.45) is -2.29. The molecule has 1 amide bonds. The molecular weight excluding hydrogens is 623 g/mol. The van der Waals surface area contributed by atoms with Crippen LogP contribution in [0.4, 0.5) is 27.6 Å². The number of aromatic nitrogens is 4. The van der Waals surface area contributed by atoms with Gasteiger partial charge in [0.05, 0.1) is 18.8 Å². The van der Waals surface area contributed by atoms with Gasteiger partial charge in [0.25, 0.3) is 11.5 Å². The number of carbonyl (C=O) groups excluding carboxylic acids is 1. The van der Waals surface area contributed by atoms with Gasteiger partial charge in [0.2, 0.25) is 0 Å². The number of anilines is 1. The van der Waals surface area contributed by atoms with Crippen molar-refractivity contribution in [3.63, 3.8) is 0 Å². The number of fused-ring (bicyclic) bond motifs is 1. The van der Waals surface area contributed by atoms with Gasteiger partial charge in [0.15, 0.2) is 0 Å². The second-order valence-electron chi connectivity index (χ2n) is 10.7. The highest BCUT2D eigenvalue weighted by molar-refractivity contribution is 5.97. The van der Waals surface area contributed by atoms with Gasteiger partial charge in [0.1, 0.15) is 34.9 Å². The summed E-state index contributed by atoms with van der Waals surface area (Å²) in [5.74, 6) is -5.96. The number of halogens is 5. The summed E-state index contributed by atoms with van der Waals surface area (Å²) in [7, 11) is 2.82. The van der Waals surface area contributed by atoms with E-state index in [2.05, 4.69) is 10.3 Å². The van der Waals surface area contributed by atoms with E-state index >= 15 is 8.78 Å². The number of benzene rings is 1. The fourth-order valence-corrected chi connectivity index (χ4v) is 5.45. The van der Waals surface area contributed by atoms with Gasteiger partial charge < -0.3 is 29.0 Å². The van der Waals surface area contributed by atoms with Crippen molar-refractivity contribution in [3.8, 4) is 11.1 Å². The first-order valence-electron chi connectivity index (χ1n) is 13.8. The van der Waals surface area contributed by atoms with Crippen molar-refractivity contribution in [3.05, 3.63) is 86.1 Å². The summed E-state index contributed by atoms with van der Waals surface area (Å²) in [6, 6.07) is 0.261. The molecule has 5 rings (SSSR count). The Balaban J connectivity index is 1.44. The van der Waals surface area contributed by atoms with E-state index in [0.29, 0.717) is 23.4 Å². The molecule has 0 spiro atoms. The van der Waals surface area contributed by atoms with Gasteiger partial charge >= 0.3 is 17.8 Å². The van der Waals surface area contributed by atoms with E-state index in [0.717, 1.165) is 9.47 Å². The number of hydrogen-bond donors (Lipinski definition) is 2. The van der Waals surface area contributed by atoms with Crippen molar-refractivity contribution in [2.45, 2.75) is 31.6 Å².